The van der Waals surface area contributed by atoms with E-state index in [0.717, 1.165) is 19.3 Å². The molecule has 0 heterocycles. The Hall–Kier alpha value is -0.0700. The van der Waals surface area contributed by atoms with Crippen molar-refractivity contribution in [1.29, 1.82) is 0 Å². The molecule has 2 unspecified atom stereocenters. The molecule has 0 radical (unpaired) electrons. The molecule has 68 valence electrons. The zero-order valence-corrected chi connectivity index (χ0v) is 8.23. The molecule has 0 aliphatic carbocycles. The van der Waals surface area contributed by atoms with Gasteiger partial charge >= 0.3 is 0 Å². The van der Waals surface area contributed by atoms with E-state index in [1.165, 1.54) is 0 Å². The highest BCUT2D eigenvalue weighted by Crippen LogP contribution is 2.20. The third kappa shape index (κ3) is 5.23. The Bertz CT molecular complexity index is 88.9. The van der Waals surface area contributed by atoms with Crippen LogP contribution in [0.2, 0.25) is 0 Å². The number of hydrogen-bond donors (Lipinski definition) is 0. The summed E-state index contributed by atoms with van der Waals surface area (Å²) in [6.07, 6.45) is 2.13. The maximum Gasteiger partial charge on any atom is 0.103 e. The Balaban J connectivity index is 3.54. The van der Waals surface area contributed by atoms with E-state index in [1.807, 2.05) is 13.8 Å². The topological polar surface area (TPSA) is 0 Å². The summed E-state index contributed by atoms with van der Waals surface area (Å²) in [5.74, 6) is 0.870. The zero-order valence-electron chi connectivity index (χ0n) is 8.23. The van der Waals surface area contributed by atoms with Crippen LogP contribution in [0.25, 0.3) is 0 Å². The van der Waals surface area contributed by atoms with Gasteiger partial charge in [-0.1, -0.05) is 34.1 Å². The minimum Gasteiger partial charge on any atom is -0.247 e. The molecule has 11 heavy (non-hydrogen) atoms. The lowest BCUT2D eigenvalue weighted by atomic mass is 9.93. The molecular weight excluding hydrogens is 139 g/mol. The van der Waals surface area contributed by atoms with Gasteiger partial charge in [-0.3, -0.25) is 0 Å². The summed E-state index contributed by atoms with van der Waals surface area (Å²) in [7, 11) is 0. The predicted octanol–water partition coefficient (Wildman–Crippen LogP) is 3.81. The standard InChI is InChI=1S/C10H21F/c1-5-6-10(11)9(4)7-8(2)3/h8-10H,5-7H2,1-4H3. The van der Waals surface area contributed by atoms with Crippen LogP contribution in [-0.2, 0) is 0 Å². The van der Waals surface area contributed by atoms with Crippen molar-refractivity contribution < 1.29 is 4.39 Å². The van der Waals surface area contributed by atoms with Crippen LogP contribution in [0.3, 0.4) is 0 Å². The Kier molecular flexibility index (Phi) is 5.53. The summed E-state index contributed by atoms with van der Waals surface area (Å²) in [6, 6.07) is 0. The van der Waals surface area contributed by atoms with Crippen LogP contribution < -0.4 is 0 Å². The Labute approximate surface area is 70.2 Å². The van der Waals surface area contributed by atoms with Gasteiger partial charge in [-0.15, -0.1) is 0 Å². The van der Waals surface area contributed by atoms with E-state index in [2.05, 4.69) is 13.8 Å². The first-order chi connectivity index (χ1) is 5.07. The minimum absolute atomic E-state index is 0.245. The van der Waals surface area contributed by atoms with Crippen LogP contribution in [0, 0.1) is 11.8 Å². The molecule has 0 aromatic rings. The molecule has 0 fully saturated rings. The van der Waals surface area contributed by atoms with Crippen molar-refractivity contribution in [2.75, 3.05) is 0 Å². The SMILES string of the molecule is CCCC(F)C(C)CC(C)C. The molecule has 0 saturated heterocycles. The second kappa shape index (κ2) is 5.56. The number of alkyl halides is 1. The fraction of sp³-hybridized carbons (Fsp3) is 1.00. The maximum absolute atomic E-state index is 13.2. The molecule has 0 aromatic heterocycles. The summed E-state index contributed by atoms with van der Waals surface area (Å²) in [5.41, 5.74) is 0. The number of halogens is 1. The van der Waals surface area contributed by atoms with Gasteiger partial charge in [0.2, 0.25) is 0 Å². The average molecular weight is 160 g/mol. The van der Waals surface area contributed by atoms with Crippen molar-refractivity contribution in [2.24, 2.45) is 11.8 Å². The highest BCUT2D eigenvalue weighted by atomic mass is 19.1. The first-order valence-electron chi connectivity index (χ1n) is 4.72. The predicted molar refractivity (Wildman–Crippen MR) is 48.4 cm³/mol. The second-order valence-electron chi connectivity index (χ2n) is 3.91. The van der Waals surface area contributed by atoms with Crippen molar-refractivity contribution in [3.8, 4) is 0 Å². The lowest BCUT2D eigenvalue weighted by molar-refractivity contribution is 0.202. The fourth-order valence-corrected chi connectivity index (χ4v) is 1.45. The molecule has 2 atom stereocenters. The molecule has 0 saturated carbocycles. The summed E-state index contributed by atoms with van der Waals surface area (Å²) in [6.45, 7) is 8.35. The van der Waals surface area contributed by atoms with Crippen molar-refractivity contribution in [1.82, 2.24) is 0 Å². The third-order valence-electron chi connectivity index (χ3n) is 2.03. The van der Waals surface area contributed by atoms with Crippen molar-refractivity contribution in [3.05, 3.63) is 0 Å². The Morgan fingerprint density at radius 1 is 1.18 bits per heavy atom. The molecule has 0 N–H and O–H groups in total. The van der Waals surface area contributed by atoms with Crippen LogP contribution in [0.5, 0.6) is 0 Å². The molecule has 0 bridgehead atoms. The van der Waals surface area contributed by atoms with Gasteiger partial charge in [-0.05, 0) is 24.7 Å². The maximum atomic E-state index is 13.2. The number of hydrogen-bond acceptors (Lipinski definition) is 0. The highest BCUT2D eigenvalue weighted by molar-refractivity contribution is 4.65. The third-order valence-corrected chi connectivity index (χ3v) is 2.03. The summed E-state index contributed by atoms with van der Waals surface area (Å²) in [5, 5.41) is 0. The van der Waals surface area contributed by atoms with E-state index >= 15 is 0 Å². The van der Waals surface area contributed by atoms with E-state index in [4.69, 9.17) is 0 Å². The first-order valence-corrected chi connectivity index (χ1v) is 4.72. The van der Waals surface area contributed by atoms with Crippen LogP contribution in [-0.4, -0.2) is 6.17 Å². The second-order valence-corrected chi connectivity index (χ2v) is 3.91. The van der Waals surface area contributed by atoms with Gasteiger partial charge in [0.25, 0.3) is 0 Å². The quantitative estimate of drug-likeness (QED) is 0.573. The molecule has 1 heteroatoms. The molecule has 0 spiro atoms. The normalized spacial score (nSPS) is 16.9. The number of rotatable bonds is 5. The van der Waals surface area contributed by atoms with Gasteiger partial charge in [0.05, 0.1) is 0 Å². The van der Waals surface area contributed by atoms with Gasteiger partial charge < -0.3 is 0 Å². The van der Waals surface area contributed by atoms with Gasteiger partial charge in [0, 0.05) is 0 Å². The molecule has 0 aliphatic rings. The van der Waals surface area contributed by atoms with Crippen molar-refractivity contribution in [3.63, 3.8) is 0 Å². The monoisotopic (exact) mass is 160 g/mol. The molecule has 0 amide bonds. The molecule has 0 aromatic carbocycles. The van der Waals surface area contributed by atoms with Crippen LogP contribution >= 0.6 is 0 Å². The van der Waals surface area contributed by atoms with Gasteiger partial charge in [-0.25, -0.2) is 4.39 Å². The Morgan fingerprint density at radius 2 is 1.73 bits per heavy atom. The Morgan fingerprint density at radius 3 is 2.09 bits per heavy atom. The summed E-state index contributed by atoms with van der Waals surface area (Å²) in [4.78, 5) is 0. The lowest BCUT2D eigenvalue weighted by Gasteiger charge is -2.17. The molecular formula is C10H21F. The van der Waals surface area contributed by atoms with Gasteiger partial charge in [-0.2, -0.15) is 0 Å². The summed E-state index contributed by atoms with van der Waals surface area (Å²) >= 11 is 0. The first kappa shape index (κ1) is 10.9. The van der Waals surface area contributed by atoms with Crippen molar-refractivity contribution in [2.45, 2.75) is 53.1 Å². The minimum atomic E-state index is -0.581. The van der Waals surface area contributed by atoms with E-state index < -0.39 is 6.17 Å². The van der Waals surface area contributed by atoms with Crippen LogP contribution in [0.4, 0.5) is 4.39 Å². The van der Waals surface area contributed by atoms with Crippen LogP contribution in [0.15, 0.2) is 0 Å². The smallest absolute Gasteiger partial charge is 0.103 e. The van der Waals surface area contributed by atoms with Gasteiger partial charge in [0.1, 0.15) is 6.17 Å². The average Bonchev–Trinajstić information content (AvgIpc) is 1.86. The van der Waals surface area contributed by atoms with Gasteiger partial charge in [0.15, 0.2) is 0 Å². The largest absolute Gasteiger partial charge is 0.247 e. The molecule has 0 nitrogen and oxygen atoms in total. The van der Waals surface area contributed by atoms with E-state index in [-0.39, 0.29) is 5.92 Å². The van der Waals surface area contributed by atoms with E-state index in [9.17, 15) is 4.39 Å². The fourth-order valence-electron chi connectivity index (χ4n) is 1.45. The lowest BCUT2D eigenvalue weighted by Crippen LogP contribution is -2.14. The van der Waals surface area contributed by atoms with Crippen LogP contribution in [0.1, 0.15) is 47.0 Å². The zero-order chi connectivity index (χ0) is 8.85. The molecule has 0 rings (SSSR count). The highest BCUT2D eigenvalue weighted by Gasteiger charge is 2.15. The van der Waals surface area contributed by atoms with E-state index in [1.54, 1.807) is 0 Å². The van der Waals surface area contributed by atoms with Crippen molar-refractivity contribution >= 4 is 0 Å². The summed E-state index contributed by atoms with van der Waals surface area (Å²) < 4.78 is 13.2. The molecule has 0 aliphatic heterocycles. The van der Waals surface area contributed by atoms with E-state index in [0.29, 0.717) is 5.92 Å².